The van der Waals surface area contributed by atoms with E-state index in [-0.39, 0.29) is 5.76 Å². The monoisotopic (exact) mass is 286 g/mol. The van der Waals surface area contributed by atoms with Crippen molar-refractivity contribution in [2.75, 3.05) is 6.61 Å². The van der Waals surface area contributed by atoms with Gasteiger partial charge in [0.15, 0.2) is 0 Å². The van der Waals surface area contributed by atoms with Crippen LogP contribution in [0.3, 0.4) is 0 Å². The topological polar surface area (TPSA) is 26.3 Å². The molecule has 20 heavy (non-hydrogen) atoms. The number of carbonyl (C=O) groups excluding carboxylic acids is 1. The third-order valence-corrected chi connectivity index (χ3v) is 3.33. The fourth-order valence-corrected chi connectivity index (χ4v) is 2.06. The first-order valence-electron chi connectivity index (χ1n) is 7.52. The first kappa shape index (κ1) is 16.9. The molecular weight excluding hydrogens is 262 g/mol. The minimum atomic E-state index is -3.37. The van der Waals surface area contributed by atoms with Crippen LogP contribution in [0.2, 0.25) is 0 Å². The highest BCUT2D eigenvalue weighted by Gasteiger charge is 2.36. The molecule has 0 aromatic heterocycles. The second-order valence-corrected chi connectivity index (χ2v) is 5.19. The van der Waals surface area contributed by atoms with Crippen LogP contribution in [0.25, 0.3) is 0 Å². The molecule has 0 heterocycles. The Kier molecular flexibility index (Phi) is 7.48. The van der Waals surface area contributed by atoms with Crippen molar-refractivity contribution in [3.05, 3.63) is 24.0 Å². The summed E-state index contributed by atoms with van der Waals surface area (Å²) in [4.78, 5) is 11.0. The zero-order chi connectivity index (χ0) is 14.8. The maximum atomic E-state index is 12.9. The molecule has 0 aromatic rings. The van der Waals surface area contributed by atoms with E-state index in [1.54, 1.807) is 0 Å². The van der Waals surface area contributed by atoms with Crippen LogP contribution in [0.1, 0.15) is 58.3 Å². The van der Waals surface area contributed by atoms with Gasteiger partial charge in [0.25, 0.3) is 0 Å². The molecule has 4 heteroatoms. The van der Waals surface area contributed by atoms with E-state index in [1.165, 1.54) is 44.6 Å². The minimum absolute atomic E-state index is 0.240. The van der Waals surface area contributed by atoms with Gasteiger partial charge in [-0.2, -0.15) is 8.78 Å². The Morgan fingerprint density at radius 1 is 1.05 bits per heavy atom. The van der Waals surface area contributed by atoms with Crippen molar-refractivity contribution in [1.82, 2.24) is 0 Å². The molecule has 1 rings (SSSR count). The molecule has 0 amide bonds. The maximum absolute atomic E-state index is 12.9. The summed E-state index contributed by atoms with van der Waals surface area (Å²) in [6.07, 6.45) is 12.2. The van der Waals surface area contributed by atoms with Crippen LogP contribution in [-0.4, -0.2) is 18.3 Å². The molecule has 0 atom stereocenters. The van der Waals surface area contributed by atoms with E-state index in [1.807, 2.05) is 0 Å². The Hall–Kier alpha value is -1.19. The van der Waals surface area contributed by atoms with Gasteiger partial charge in [-0.15, -0.1) is 0 Å². The van der Waals surface area contributed by atoms with E-state index in [0.29, 0.717) is 12.7 Å². The van der Waals surface area contributed by atoms with Gasteiger partial charge in [0.05, 0.1) is 6.61 Å². The van der Waals surface area contributed by atoms with Crippen molar-refractivity contribution in [2.24, 2.45) is 0 Å². The molecule has 0 radical (unpaired) electrons. The van der Waals surface area contributed by atoms with Crippen molar-refractivity contribution in [1.29, 1.82) is 0 Å². The highest BCUT2D eigenvalue weighted by atomic mass is 19.3. The third kappa shape index (κ3) is 6.31. The predicted molar refractivity (Wildman–Crippen MR) is 75.7 cm³/mol. The van der Waals surface area contributed by atoms with Gasteiger partial charge in [0.1, 0.15) is 5.76 Å². The average Bonchev–Trinajstić information content (AvgIpc) is 2.41. The fraction of sp³-hybridized carbons (Fsp3) is 0.688. The van der Waals surface area contributed by atoms with Crippen LogP contribution in [0.15, 0.2) is 24.0 Å². The molecule has 0 unspecified atom stereocenters. The van der Waals surface area contributed by atoms with Gasteiger partial charge >= 0.3 is 5.92 Å². The molecule has 2 nitrogen and oxygen atoms in total. The molecule has 0 fully saturated rings. The van der Waals surface area contributed by atoms with Gasteiger partial charge in [0.2, 0.25) is 5.78 Å². The molecule has 0 saturated carbocycles. The van der Waals surface area contributed by atoms with E-state index >= 15 is 0 Å². The summed E-state index contributed by atoms with van der Waals surface area (Å²) in [6, 6.07) is 0. The maximum Gasteiger partial charge on any atom is 0.328 e. The first-order valence-corrected chi connectivity index (χ1v) is 7.52. The van der Waals surface area contributed by atoms with Crippen LogP contribution in [0, 0.1) is 0 Å². The lowest BCUT2D eigenvalue weighted by atomic mass is 10.1. The number of unbranched alkanes of at least 4 members (excludes halogenated alkanes) is 7. The lowest BCUT2D eigenvalue weighted by Crippen LogP contribution is -2.26. The van der Waals surface area contributed by atoms with E-state index in [0.717, 1.165) is 18.9 Å². The highest BCUT2D eigenvalue weighted by Crippen LogP contribution is 2.23. The van der Waals surface area contributed by atoms with Gasteiger partial charge in [-0.05, 0) is 18.6 Å². The summed E-state index contributed by atoms with van der Waals surface area (Å²) in [5.74, 6) is -4.33. The number of alkyl halides is 2. The SMILES string of the molecule is CCCCCCCCCCOC1=CC(=O)C(F)(F)C=C1. The number of carbonyl (C=O) groups is 1. The van der Waals surface area contributed by atoms with E-state index in [9.17, 15) is 13.6 Å². The van der Waals surface area contributed by atoms with E-state index in [2.05, 4.69) is 6.92 Å². The van der Waals surface area contributed by atoms with Gasteiger partial charge in [-0.1, -0.05) is 51.9 Å². The largest absolute Gasteiger partial charge is 0.493 e. The standard InChI is InChI=1S/C16H24F2O2/c1-2-3-4-5-6-7-8-9-12-20-14-10-11-16(17,18)15(19)13-14/h10-11,13H,2-9,12H2,1H3. The van der Waals surface area contributed by atoms with Crippen molar-refractivity contribution in [3.63, 3.8) is 0 Å². The van der Waals surface area contributed by atoms with E-state index < -0.39 is 11.7 Å². The smallest absolute Gasteiger partial charge is 0.328 e. The van der Waals surface area contributed by atoms with E-state index in [4.69, 9.17) is 4.74 Å². The van der Waals surface area contributed by atoms with Crippen LogP contribution >= 0.6 is 0 Å². The predicted octanol–water partition coefficient (Wildman–Crippen LogP) is 4.80. The Morgan fingerprint density at radius 2 is 1.65 bits per heavy atom. The van der Waals surface area contributed by atoms with Crippen LogP contribution in [-0.2, 0) is 9.53 Å². The van der Waals surface area contributed by atoms with Crippen LogP contribution in [0.5, 0.6) is 0 Å². The number of allylic oxidation sites excluding steroid dienone is 3. The summed E-state index contributed by atoms with van der Waals surface area (Å²) >= 11 is 0. The molecule has 1 aliphatic carbocycles. The van der Waals surface area contributed by atoms with Gasteiger partial charge in [0, 0.05) is 6.08 Å². The fourth-order valence-electron chi connectivity index (χ4n) is 2.06. The molecule has 1 aliphatic rings. The summed E-state index contributed by atoms with van der Waals surface area (Å²) in [5, 5.41) is 0. The number of hydrogen-bond acceptors (Lipinski definition) is 2. The summed E-state index contributed by atoms with van der Waals surface area (Å²) < 4.78 is 31.0. The summed E-state index contributed by atoms with van der Waals surface area (Å²) in [5.41, 5.74) is 0. The molecule has 0 aliphatic heterocycles. The first-order chi connectivity index (χ1) is 9.56. The number of ether oxygens (including phenoxy) is 1. The molecule has 0 N–H and O–H groups in total. The van der Waals surface area contributed by atoms with Gasteiger partial charge in [-0.25, -0.2) is 0 Å². The average molecular weight is 286 g/mol. The molecule has 0 spiro atoms. The zero-order valence-electron chi connectivity index (χ0n) is 12.2. The van der Waals surface area contributed by atoms with Crippen LogP contribution < -0.4 is 0 Å². The summed E-state index contributed by atoms with van der Waals surface area (Å²) in [7, 11) is 0. The molecular formula is C16H24F2O2. The molecule has 0 aromatic carbocycles. The van der Waals surface area contributed by atoms with Crippen molar-refractivity contribution < 1.29 is 18.3 Å². The van der Waals surface area contributed by atoms with Gasteiger partial charge < -0.3 is 4.74 Å². The highest BCUT2D eigenvalue weighted by molar-refractivity contribution is 5.99. The third-order valence-electron chi connectivity index (χ3n) is 3.33. The molecule has 0 saturated heterocycles. The second-order valence-electron chi connectivity index (χ2n) is 5.19. The lowest BCUT2D eigenvalue weighted by Gasteiger charge is -2.14. The quantitative estimate of drug-likeness (QED) is 0.539. The Bertz CT molecular complexity index is 359. The Labute approximate surface area is 119 Å². The molecule has 0 bridgehead atoms. The van der Waals surface area contributed by atoms with Crippen LogP contribution in [0.4, 0.5) is 8.78 Å². The lowest BCUT2D eigenvalue weighted by molar-refractivity contribution is -0.132. The van der Waals surface area contributed by atoms with Gasteiger partial charge in [-0.3, -0.25) is 4.79 Å². The summed E-state index contributed by atoms with van der Waals surface area (Å²) in [6.45, 7) is 2.68. The van der Waals surface area contributed by atoms with Crippen molar-refractivity contribution in [2.45, 2.75) is 64.2 Å². The number of ketones is 1. The number of halogens is 2. The minimum Gasteiger partial charge on any atom is -0.493 e. The molecule has 114 valence electrons. The zero-order valence-corrected chi connectivity index (χ0v) is 12.2. The second kappa shape index (κ2) is 8.88. The van der Waals surface area contributed by atoms with Crippen molar-refractivity contribution >= 4 is 5.78 Å². The normalized spacial score (nSPS) is 17.1. The number of rotatable bonds is 10. The Morgan fingerprint density at radius 3 is 2.25 bits per heavy atom. The van der Waals surface area contributed by atoms with Crippen molar-refractivity contribution in [3.8, 4) is 0 Å². The Balaban J connectivity index is 2.03. The number of hydrogen-bond donors (Lipinski definition) is 0.